The molecule has 2 N–H and O–H groups in total. The highest BCUT2D eigenvalue weighted by atomic mass is 16.5. The van der Waals surface area contributed by atoms with Crippen molar-refractivity contribution in [3.05, 3.63) is 130 Å². The summed E-state index contributed by atoms with van der Waals surface area (Å²) >= 11 is 0. The van der Waals surface area contributed by atoms with E-state index in [0.717, 1.165) is 41.9 Å². The Hall–Kier alpha value is -5.60. The topological polar surface area (TPSA) is 124 Å². The Bertz CT molecular complexity index is 1480. The van der Waals surface area contributed by atoms with Crippen molar-refractivity contribution in [1.82, 2.24) is 10.6 Å². The zero-order chi connectivity index (χ0) is 30.3. The minimum Gasteiger partial charge on any atom is -0.494 e. The molecule has 216 valence electrons. The zero-order valence-electron chi connectivity index (χ0n) is 23.7. The van der Waals surface area contributed by atoms with Gasteiger partial charge in [0, 0.05) is 24.2 Å². The number of carbonyl (C=O) groups is 2. The molecular formula is C35H32N4O4. The van der Waals surface area contributed by atoms with Gasteiger partial charge >= 0.3 is 0 Å². The molecule has 2 amide bonds. The van der Waals surface area contributed by atoms with E-state index in [1.165, 1.54) is 0 Å². The predicted molar refractivity (Wildman–Crippen MR) is 162 cm³/mol. The van der Waals surface area contributed by atoms with E-state index in [0.29, 0.717) is 48.6 Å². The SMILES string of the molecule is N#Cc1ccc(C(=O)NCc2cccc(OCCCCCOc3cccc(CNC(=O)c4ccc(C#N)cc4)c3)c2)cc1. The lowest BCUT2D eigenvalue weighted by atomic mass is 10.1. The normalized spacial score (nSPS) is 10.2. The quantitative estimate of drug-likeness (QED) is 0.181. The highest BCUT2D eigenvalue weighted by Crippen LogP contribution is 2.16. The molecule has 0 fully saturated rings. The Morgan fingerprint density at radius 1 is 0.581 bits per heavy atom. The maximum atomic E-state index is 12.4. The molecule has 8 heteroatoms. The van der Waals surface area contributed by atoms with E-state index in [9.17, 15) is 9.59 Å². The minimum absolute atomic E-state index is 0.198. The van der Waals surface area contributed by atoms with Gasteiger partial charge in [-0.25, -0.2) is 0 Å². The molecule has 0 saturated heterocycles. The van der Waals surface area contributed by atoms with E-state index in [2.05, 4.69) is 10.6 Å². The Labute approximate surface area is 251 Å². The van der Waals surface area contributed by atoms with Gasteiger partial charge in [0.05, 0.1) is 36.5 Å². The van der Waals surface area contributed by atoms with E-state index in [-0.39, 0.29) is 11.8 Å². The summed E-state index contributed by atoms with van der Waals surface area (Å²) in [6.45, 7) is 1.90. The van der Waals surface area contributed by atoms with Crippen molar-refractivity contribution < 1.29 is 19.1 Å². The first kappa shape index (κ1) is 30.4. The molecule has 0 heterocycles. The van der Waals surface area contributed by atoms with Gasteiger partial charge in [0.1, 0.15) is 11.5 Å². The van der Waals surface area contributed by atoms with Crippen molar-refractivity contribution in [2.45, 2.75) is 32.4 Å². The van der Waals surface area contributed by atoms with Gasteiger partial charge in [0.15, 0.2) is 0 Å². The fourth-order valence-electron chi connectivity index (χ4n) is 4.21. The number of nitrogens with zero attached hydrogens (tertiary/aromatic N) is 2. The summed E-state index contributed by atoms with van der Waals surface area (Å²) in [6.07, 6.45) is 2.70. The van der Waals surface area contributed by atoms with Crippen LogP contribution in [-0.2, 0) is 13.1 Å². The van der Waals surface area contributed by atoms with E-state index in [1.54, 1.807) is 48.5 Å². The van der Waals surface area contributed by atoms with E-state index >= 15 is 0 Å². The van der Waals surface area contributed by atoms with Crippen LogP contribution in [-0.4, -0.2) is 25.0 Å². The summed E-state index contributed by atoms with van der Waals surface area (Å²) < 4.78 is 11.8. The summed E-state index contributed by atoms with van der Waals surface area (Å²) in [7, 11) is 0. The molecule has 0 unspecified atom stereocenters. The molecule has 4 aromatic carbocycles. The summed E-state index contributed by atoms with van der Waals surface area (Å²) in [4.78, 5) is 24.7. The van der Waals surface area contributed by atoms with Crippen molar-refractivity contribution in [3.8, 4) is 23.6 Å². The summed E-state index contributed by atoms with van der Waals surface area (Å²) in [5.74, 6) is 1.11. The number of nitriles is 2. The fraction of sp³-hybridized carbons (Fsp3) is 0.200. The zero-order valence-corrected chi connectivity index (χ0v) is 23.7. The average molecular weight is 573 g/mol. The molecule has 0 aliphatic carbocycles. The monoisotopic (exact) mass is 572 g/mol. The maximum Gasteiger partial charge on any atom is 0.251 e. The number of nitrogens with one attached hydrogen (secondary N) is 2. The molecule has 43 heavy (non-hydrogen) atoms. The van der Waals surface area contributed by atoms with Crippen LogP contribution < -0.4 is 20.1 Å². The number of amides is 2. The van der Waals surface area contributed by atoms with Gasteiger partial charge < -0.3 is 20.1 Å². The smallest absolute Gasteiger partial charge is 0.251 e. The molecule has 0 aromatic heterocycles. The van der Waals surface area contributed by atoms with Crippen molar-refractivity contribution in [2.75, 3.05) is 13.2 Å². The second kappa shape index (κ2) is 16.0. The van der Waals surface area contributed by atoms with Crippen molar-refractivity contribution in [1.29, 1.82) is 10.5 Å². The third-order valence-electron chi connectivity index (χ3n) is 6.58. The van der Waals surface area contributed by atoms with Crippen LogP contribution >= 0.6 is 0 Å². The first-order valence-corrected chi connectivity index (χ1v) is 14.0. The Balaban J connectivity index is 1.10. The van der Waals surface area contributed by atoms with Gasteiger partial charge in [-0.3, -0.25) is 9.59 Å². The molecule has 0 aliphatic heterocycles. The molecule has 0 atom stereocenters. The highest BCUT2D eigenvalue weighted by molar-refractivity contribution is 5.94. The van der Waals surface area contributed by atoms with Crippen LogP contribution in [0.5, 0.6) is 11.5 Å². The predicted octanol–water partition coefficient (Wildman–Crippen LogP) is 5.92. The second-order valence-corrected chi connectivity index (χ2v) is 9.80. The van der Waals surface area contributed by atoms with E-state index in [4.69, 9.17) is 20.0 Å². The lowest BCUT2D eigenvalue weighted by Crippen LogP contribution is -2.22. The van der Waals surface area contributed by atoms with Gasteiger partial charge in [0.2, 0.25) is 0 Å². The van der Waals surface area contributed by atoms with E-state index < -0.39 is 0 Å². The highest BCUT2D eigenvalue weighted by Gasteiger charge is 2.07. The number of hydrogen-bond acceptors (Lipinski definition) is 6. The molecular weight excluding hydrogens is 540 g/mol. The average Bonchev–Trinajstić information content (AvgIpc) is 3.06. The van der Waals surface area contributed by atoms with Gasteiger partial charge in [-0.05, 0) is 103 Å². The first-order chi connectivity index (χ1) is 21.0. The Morgan fingerprint density at radius 2 is 1.00 bits per heavy atom. The molecule has 8 nitrogen and oxygen atoms in total. The summed E-state index contributed by atoms with van der Waals surface area (Å²) in [5, 5.41) is 23.6. The molecule has 0 radical (unpaired) electrons. The van der Waals surface area contributed by atoms with Crippen LogP contribution in [0.3, 0.4) is 0 Å². The fourth-order valence-corrected chi connectivity index (χ4v) is 4.21. The molecule has 0 spiro atoms. The third-order valence-corrected chi connectivity index (χ3v) is 6.58. The van der Waals surface area contributed by atoms with Crippen LogP contribution in [0.1, 0.15) is 62.2 Å². The maximum absolute atomic E-state index is 12.4. The second-order valence-electron chi connectivity index (χ2n) is 9.80. The molecule has 4 rings (SSSR count). The standard InChI is InChI=1S/C35H32N4O4/c36-22-26-10-14-30(15-11-26)34(40)38-24-28-6-4-8-32(20-28)42-18-2-1-3-19-43-33-9-5-7-29(21-33)25-39-35(41)31-16-12-27(23-37)13-17-31/h4-17,20-21H,1-3,18-19,24-25H2,(H,38,40)(H,39,41). The lowest BCUT2D eigenvalue weighted by molar-refractivity contribution is 0.0943. The number of carbonyl (C=O) groups excluding carboxylic acids is 2. The van der Waals surface area contributed by atoms with Crippen LogP contribution in [0.25, 0.3) is 0 Å². The number of hydrogen-bond donors (Lipinski definition) is 2. The van der Waals surface area contributed by atoms with Crippen LogP contribution in [0, 0.1) is 22.7 Å². The molecule has 0 saturated carbocycles. The lowest BCUT2D eigenvalue weighted by Gasteiger charge is -2.10. The minimum atomic E-state index is -0.198. The van der Waals surface area contributed by atoms with Crippen molar-refractivity contribution >= 4 is 11.8 Å². The van der Waals surface area contributed by atoms with Gasteiger partial charge in [-0.15, -0.1) is 0 Å². The molecule has 4 aromatic rings. The Morgan fingerprint density at radius 3 is 1.40 bits per heavy atom. The number of rotatable bonds is 14. The van der Waals surface area contributed by atoms with Gasteiger partial charge in [-0.2, -0.15) is 10.5 Å². The van der Waals surface area contributed by atoms with E-state index in [1.807, 2.05) is 60.7 Å². The van der Waals surface area contributed by atoms with Gasteiger partial charge in [-0.1, -0.05) is 24.3 Å². The number of unbranched alkanes of at least 4 members (excludes halogenated alkanes) is 2. The van der Waals surface area contributed by atoms with Crippen LogP contribution in [0.15, 0.2) is 97.1 Å². The third kappa shape index (κ3) is 9.77. The van der Waals surface area contributed by atoms with Gasteiger partial charge in [0.25, 0.3) is 11.8 Å². The number of benzene rings is 4. The largest absolute Gasteiger partial charge is 0.494 e. The summed E-state index contributed by atoms with van der Waals surface area (Å²) in [6, 6.07) is 32.4. The van der Waals surface area contributed by atoms with Crippen molar-refractivity contribution in [3.63, 3.8) is 0 Å². The Kier molecular flexibility index (Phi) is 11.3. The van der Waals surface area contributed by atoms with Crippen LogP contribution in [0.4, 0.5) is 0 Å². The van der Waals surface area contributed by atoms with Crippen molar-refractivity contribution in [2.24, 2.45) is 0 Å². The molecule has 0 bridgehead atoms. The number of ether oxygens (including phenoxy) is 2. The summed E-state index contributed by atoms with van der Waals surface area (Å²) in [5.41, 5.74) is 3.91. The molecule has 0 aliphatic rings. The first-order valence-electron chi connectivity index (χ1n) is 14.0. The van der Waals surface area contributed by atoms with Crippen LogP contribution in [0.2, 0.25) is 0 Å².